The molecule has 0 bridgehead atoms. The molecule has 3 rings (SSSR count). The lowest BCUT2D eigenvalue weighted by Gasteiger charge is -2.20. The molecule has 1 N–H and O–H groups in total. The number of aromatic nitrogens is 2. The molecule has 1 aliphatic heterocycles. The highest BCUT2D eigenvalue weighted by atomic mass is 35.5. The molecule has 24 heavy (non-hydrogen) atoms. The van der Waals surface area contributed by atoms with Gasteiger partial charge in [0.25, 0.3) is 0 Å². The Hall–Kier alpha value is -2.39. The molecule has 7 heteroatoms. The predicted octanol–water partition coefficient (Wildman–Crippen LogP) is 3.45. The first-order chi connectivity index (χ1) is 11.5. The highest BCUT2D eigenvalue weighted by Gasteiger charge is 2.25. The molecular weight excluding hydrogens is 329 g/mol. The summed E-state index contributed by atoms with van der Waals surface area (Å²) in [5, 5.41) is 21.0. The average molecular weight is 346 g/mol. The average Bonchev–Trinajstić information content (AvgIpc) is 3.02. The van der Waals surface area contributed by atoms with Crippen molar-refractivity contribution in [3.05, 3.63) is 45.9 Å². The lowest BCUT2D eigenvalue weighted by atomic mass is 10.1. The molecule has 124 valence electrons. The second kappa shape index (κ2) is 6.62. The molecule has 2 heterocycles. The van der Waals surface area contributed by atoms with Crippen LogP contribution in [0.4, 0.5) is 15.9 Å². The highest BCUT2D eigenvalue weighted by Crippen LogP contribution is 2.26. The monoisotopic (exact) mass is 345 g/mol. The van der Waals surface area contributed by atoms with E-state index in [-0.39, 0.29) is 11.1 Å². The molecular formula is C17H17ClFN5. The third-order valence-electron chi connectivity index (χ3n) is 4.36. The van der Waals surface area contributed by atoms with E-state index < -0.39 is 5.82 Å². The molecule has 1 aromatic carbocycles. The zero-order valence-electron chi connectivity index (χ0n) is 13.5. The second-order valence-corrected chi connectivity index (χ2v) is 6.33. The first-order valence-corrected chi connectivity index (χ1v) is 8.08. The van der Waals surface area contributed by atoms with Crippen molar-refractivity contribution in [2.75, 3.05) is 23.3 Å². The molecule has 1 fully saturated rings. The lowest BCUT2D eigenvalue weighted by molar-refractivity contribution is 0.627. The van der Waals surface area contributed by atoms with E-state index in [2.05, 4.69) is 26.5 Å². The number of aryl methyl sites for hydroxylation is 1. The maximum absolute atomic E-state index is 13.6. The van der Waals surface area contributed by atoms with Crippen molar-refractivity contribution in [1.29, 1.82) is 5.26 Å². The van der Waals surface area contributed by atoms with Gasteiger partial charge in [0.2, 0.25) is 0 Å². The van der Waals surface area contributed by atoms with Crippen LogP contribution in [0, 0.1) is 31.0 Å². The molecule has 5 nitrogen and oxygen atoms in total. The van der Waals surface area contributed by atoms with E-state index in [0.29, 0.717) is 17.9 Å². The van der Waals surface area contributed by atoms with Crippen LogP contribution in [0.15, 0.2) is 18.2 Å². The van der Waals surface area contributed by atoms with Crippen LogP contribution in [0.1, 0.15) is 23.2 Å². The summed E-state index contributed by atoms with van der Waals surface area (Å²) in [5.41, 5.74) is 2.91. The molecule has 0 spiro atoms. The van der Waals surface area contributed by atoms with Crippen LogP contribution < -0.4 is 10.2 Å². The maximum atomic E-state index is 13.6. The first kappa shape index (κ1) is 16.5. The summed E-state index contributed by atoms with van der Waals surface area (Å²) in [6, 6.07) is 7.13. The number of rotatable bonds is 3. The molecule has 1 atom stereocenters. The van der Waals surface area contributed by atoms with Crippen molar-refractivity contribution < 1.29 is 4.39 Å². The fourth-order valence-corrected chi connectivity index (χ4v) is 2.95. The predicted molar refractivity (Wildman–Crippen MR) is 91.9 cm³/mol. The van der Waals surface area contributed by atoms with Gasteiger partial charge < -0.3 is 10.2 Å². The summed E-state index contributed by atoms with van der Waals surface area (Å²) in [6.07, 6.45) is 0.865. The fraction of sp³-hybridized carbons (Fsp3) is 0.353. The van der Waals surface area contributed by atoms with E-state index in [4.69, 9.17) is 11.6 Å². The molecule has 0 aliphatic carbocycles. The molecule has 1 aliphatic rings. The highest BCUT2D eigenvalue weighted by molar-refractivity contribution is 6.30. The zero-order valence-corrected chi connectivity index (χ0v) is 14.2. The van der Waals surface area contributed by atoms with Gasteiger partial charge in [-0.3, -0.25) is 0 Å². The van der Waals surface area contributed by atoms with Crippen molar-refractivity contribution >= 4 is 23.1 Å². The molecule has 0 amide bonds. The van der Waals surface area contributed by atoms with Crippen molar-refractivity contribution in [1.82, 2.24) is 10.2 Å². The number of halogens is 2. The molecule has 0 saturated carbocycles. The van der Waals surface area contributed by atoms with Crippen LogP contribution in [0.2, 0.25) is 5.02 Å². The Kier molecular flexibility index (Phi) is 4.54. The number of nitrogens with one attached hydrogen (secondary N) is 1. The van der Waals surface area contributed by atoms with Gasteiger partial charge in [0.1, 0.15) is 17.4 Å². The van der Waals surface area contributed by atoms with Crippen molar-refractivity contribution in [3.63, 3.8) is 0 Å². The largest absolute Gasteiger partial charge is 0.369 e. The van der Waals surface area contributed by atoms with Gasteiger partial charge in [0.05, 0.1) is 10.7 Å². The van der Waals surface area contributed by atoms with E-state index in [1.165, 1.54) is 6.07 Å². The Morgan fingerprint density at radius 1 is 1.38 bits per heavy atom. The Labute approximate surface area is 145 Å². The topological polar surface area (TPSA) is 64.8 Å². The third-order valence-corrected chi connectivity index (χ3v) is 4.67. The lowest BCUT2D eigenvalue weighted by Crippen LogP contribution is -2.27. The van der Waals surface area contributed by atoms with Crippen LogP contribution in [0.3, 0.4) is 0 Å². The van der Waals surface area contributed by atoms with Gasteiger partial charge >= 0.3 is 0 Å². The standard InChI is InChI=1S/C17H17ClFN5/c1-10-11(2)22-23-17(14(10)8-20)21-12-5-6-24(9-12)13-3-4-15(18)16(19)7-13/h3-4,7,12H,5-6,9H2,1-2H3,(H,21,23). The second-order valence-electron chi connectivity index (χ2n) is 5.92. The summed E-state index contributed by atoms with van der Waals surface area (Å²) >= 11 is 5.73. The molecule has 1 aromatic heterocycles. The van der Waals surface area contributed by atoms with Gasteiger partial charge in [-0.15, -0.1) is 5.10 Å². The Balaban J connectivity index is 1.74. The van der Waals surface area contributed by atoms with Crippen molar-refractivity contribution in [2.24, 2.45) is 0 Å². The van der Waals surface area contributed by atoms with E-state index in [0.717, 1.165) is 29.9 Å². The van der Waals surface area contributed by atoms with Gasteiger partial charge in [0.15, 0.2) is 5.82 Å². The van der Waals surface area contributed by atoms with Crippen molar-refractivity contribution in [2.45, 2.75) is 26.3 Å². The minimum Gasteiger partial charge on any atom is -0.369 e. The number of nitrogens with zero attached hydrogens (tertiary/aromatic N) is 4. The Bertz CT molecular complexity index is 817. The minimum absolute atomic E-state index is 0.118. The molecule has 1 unspecified atom stereocenters. The molecule has 1 saturated heterocycles. The third kappa shape index (κ3) is 3.13. The first-order valence-electron chi connectivity index (χ1n) is 7.70. The summed E-state index contributed by atoms with van der Waals surface area (Å²) in [4.78, 5) is 2.08. The van der Waals surface area contributed by atoms with Crippen LogP contribution in [0.25, 0.3) is 0 Å². The number of hydrogen-bond acceptors (Lipinski definition) is 5. The van der Waals surface area contributed by atoms with Crippen LogP contribution in [-0.4, -0.2) is 29.3 Å². The summed E-state index contributed by atoms with van der Waals surface area (Å²) in [5.74, 6) is 0.0899. The van der Waals surface area contributed by atoms with Crippen LogP contribution in [-0.2, 0) is 0 Å². The van der Waals surface area contributed by atoms with E-state index in [1.54, 1.807) is 6.07 Å². The van der Waals surface area contributed by atoms with Gasteiger partial charge in [0, 0.05) is 24.8 Å². The van der Waals surface area contributed by atoms with Gasteiger partial charge in [-0.2, -0.15) is 10.4 Å². The number of benzene rings is 1. The normalized spacial score (nSPS) is 17.0. The summed E-state index contributed by atoms with van der Waals surface area (Å²) in [6.45, 7) is 5.18. The van der Waals surface area contributed by atoms with Crippen LogP contribution >= 0.6 is 11.6 Å². The Morgan fingerprint density at radius 3 is 2.88 bits per heavy atom. The van der Waals surface area contributed by atoms with Gasteiger partial charge in [-0.05, 0) is 44.0 Å². The minimum atomic E-state index is -0.419. The van der Waals surface area contributed by atoms with E-state index in [9.17, 15) is 9.65 Å². The zero-order chi connectivity index (χ0) is 17.3. The quantitative estimate of drug-likeness (QED) is 0.923. The fourth-order valence-electron chi connectivity index (χ4n) is 2.83. The Morgan fingerprint density at radius 2 is 2.17 bits per heavy atom. The summed E-state index contributed by atoms with van der Waals surface area (Å²) < 4.78 is 13.6. The van der Waals surface area contributed by atoms with Gasteiger partial charge in [-0.25, -0.2) is 4.39 Å². The maximum Gasteiger partial charge on any atom is 0.167 e. The van der Waals surface area contributed by atoms with Crippen molar-refractivity contribution in [3.8, 4) is 6.07 Å². The molecule has 2 aromatic rings. The smallest absolute Gasteiger partial charge is 0.167 e. The van der Waals surface area contributed by atoms with Gasteiger partial charge in [-0.1, -0.05) is 11.6 Å². The number of nitriles is 1. The van der Waals surface area contributed by atoms with Crippen LogP contribution in [0.5, 0.6) is 0 Å². The van der Waals surface area contributed by atoms with E-state index in [1.807, 2.05) is 19.9 Å². The van der Waals surface area contributed by atoms with E-state index >= 15 is 0 Å². The summed E-state index contributed by atoms with van der Waals surface area (Å²) in [7, 11) is 0. The number of anilines is 2. The number of hydrogen-bond donors (Lipinski definition) is 1. The SMILES string of the molecule is Cc1nnc(NC2CCN(c3ccc(Cl)c(F)c3)C2)c(C#N)c1C. The molecule has 0 radical (unpaired) electrons.